The van der Waals surface area contributed by atoms with Crippen molar-refractivity contribution in [2.75, 3.05) is 6.54 Å². The fraction of sp³-hybridized carbons (Fsp3) is 0.571. The molecule has 1 rings (SSSR count). The lowest BCUT2D eigenvalue weighted by Gasteiger charge is -2.24. The number of benzene rings is 1. The predicted molar refractivity (Wildman–Crippen MR) is 68.7 cm³/mol. The van der Waals surface area contributed by atoms with Crippen LogP contribution < -0.4 is 5.32 Å². The second-order valence-electron chi connectivity index (χ2n) is 4.42. The number of hydrogen-bond donors (Lipinski definition) is 2. The Balaban J connectivity index is 2.67. The Bertz CT molecular complexity index is 311. The van der Waals surface area contributed by atoms with E-state index in [2.05, 4.69) is 32.2 Å². The molecule has 0 amide bonds. The van der Waals surface area contributed by atoms with Gasteiger partial charge in [0.2, 0.25) is 0 Å². The van der Waals surface area contributed by atoms with Crippen LogP contribution in [0.4, 0.5) is 0 Å². The zero-order chi connectivity index (χ0) is 12.0. The monoisotopic (exact) mass is 221 g/mol. The molecule has 2 heteroatoms. The fourth-order valence-electron chi connectivity index (χ4n) is 1.96. The van der Waals surface area contributed by atoms with E-state index in [-0.39, 0.29) is 0 Å². The fourth-order valence-corrected chi connectivity index (χ4v) is 1.96. The zero-order valence-corrected chi connectivity index (χ0v) is 10.5. The molecule has 1 aromatic rings. The Labute approximate surface area is 98.7 Å². The van der Waals surface area contributed by atoms with Gasteiger partial charge in [0.15, 0.2) is 0 Å². The molecule has 0 spiro atoms. The molecule has 0 radical (unpaired) electrons. The van der Waals surface area contributed by atoms with E-state index in [0.717, 1.165) is 13.0 Å². The lowest BCUT2D eigenvalue weighted by atomic mass is 9.93. The van der Waals surface area contributed by atoms with Gasteiger partial charge in [0.1, 0.15) is 5.75 Å². The first-order valence-electron chi connectivity index (χ1n) is 6.18. The summed E-state index contributed by atoms with van der Waals surface area (Å²) in [6.45, 7) is 7.62. The van der Waals surface area contributed by atoms with Crippen LogP contribution in [0.2, 0.25) is 0 Å². The van der Waals surface area contributed by atoms with Crippen LogP contribution >= 0.6 is 0 Å². The van der Waals surface area contributed by atoms with Gasteiger partial charge in [-0.3, -0.25) is 0 Å². The van der Waals surface area contributed by atoms with Gasteiger partial charge in [-0.15, -0.1) is 0 Å². The van der Waals surface area contributed by atoms with Crippen LogP contribution in [0.15, 0.2) is 24.3 Å². The summed E-state index contributed by atoms with van der Waals surface area (Å²) in [6.07, 6.45) is 2.16. The van der Waals surface area contributed by atoms with E-state index in [9.17, 15) is 5.11 Å². The molecule has 0 fully saturated rings. The minimum Gasteiger partial charge on any atom is -0.508 e. The molecule has 0 saturated carbocycles. The molecule has 2 nitrogen and oxygen atoms in total. The highest BCUT2D eigenvalue weighted by Crippen LogP contribution is 2.17. The summed E-state index contributed by atoms with van der Waals surface area (Å²) in [5.41, 5.74) is 1.20. The van der Waals surface area contributed by atoms with E-state index < -0.39 is 0 Å². The van der Waals surface area contributed by atoms with Crippen LogP contribution in [-0.4, -0.2) is 17.7 Å². The first-order valence-corrected chi connectivity index (χ1v) is 6.18. The summed E-state index contributed by atoms with van der Waals surface area (Å²) >= 11 is 0. The molecule has 0 aliphatic heterocycles. The highest BCUT2D eigenvalue weighted by molar-refractivity contribution is 5.27. The van der Waals surface area contributed by atoms with Crippen molar-refractivity contribution in [2.45, 2.75) is 39.7 Å². The lowest BCUT2D eigenvalue weighted by Crippen LogP contribution is -2.36. The van der Waals surface area contributed by atoms with Crippen LogP contribution in [0.1, 0.15) is 32.8 Å². The molecule has 16 heavy (non-hydrogen) atoms. The van der Waals surface area contributed by atoms with Gasteiger partial charge >= 0.3 is 0 Å². The standard InChI is InChI=1S/C14H23NO/c1-4-11(3)14(15-5-2)10-12-7-6-8-13(16)9-12/h6-9,11,14-16H,4-5,10H2,1-3H3. The van der Waals surface area contributed by atoms with Crippen molar-refractivity contribution >= 4 is 0 Å². The van der Waals surface area contributed by atoms with Crippen LogP contribution in [0, 0.1) is 5.92 Å². The molecule has 1 aromatic carbocycles. The third kappa shape index (κ3) is 3.86. The number of phenols is 1. The molecule has 0 aliphatic carbocycles. The van der Waals surface area contributed by atoms with Gasteiger partial charge in [-0.2, -0.15) is 0 Å². The molecular weight excluding hydrogens is 198 g/mol. The maximum atomic E-state index is 9.43. The Hall–Kier alpha value is -1.02. The Morgan fingerprint density at radius 3 is 2.62 bits per heavy atom. The number of likely N-dealkylation sites (N-methyl/N-ethyl adjacent to an activating group) is 1. The van der Waals surface area contributed by atoms with E-state index in [1.165, 1.54) is 12.0 Å². The molecule has 0 heterocycles. The van der Waals surface area contributed by atoms with Crippen molar-refractivity contribution in [3.8, 4) is 5.75 Å². The Morgan fingerprint density at radius 2 is 2.06 bits per heavy atom. The van der Waals surface area contributed by atoms with Crippen molar-refractivity contribution in [1.29, 1.82) is 0 Å². The number of rotatable bonds is 6. The number of nitrogens with one attached hydrogen (secondary N) is 1. The maximum absolute atomic E-state index is 9.43. The van der Waals surface area contributed by atoms with Crippen molar-refractivity contribution < 1.29 is 5.11 Å². The second kappa shape index (κ2) is 6.54. The van der Waals surface area contributed by atoms with E-state index in [1.807, 2.05) is 12.1 Å². The summed E-state index contributed by atoms with van der Waals surface area (Å²) in [4.78, 5) is 0. The quantitative estimate of drug-likeness (QED) is 0.774. The van der Waals surface area contributed by atoms with Gasteiger partial charge < -0.3 is 10.4 Å². The van der Waals surface area contributed by atoms with Crippen LogP contribution in [-0.2, 0) is 6.42 Å². The number of phenolic OH excluding ortho intramolecular Hbond substituents is 1. The first-order chi connectivity index (χ1) is 7.67. The van der Waals surface area contributed by atoms with Crippen molar-refractivity contribution in [2.24, 2.45) is 5.92 Å². The molecular formula is C14H23NO. The maximum Gasteiger partial charge on any atom is 0.115 e. The topological polar surface area (TPSA) is 32.3 Å². The molecule has 0 saturated heterocycles. The highest BCUT2D eigenvalue weighted by atomic mass is 16.3. The molecule has 0 aromatic heterocycles. The molecule has 2 N–H and O–H groups in total. The molecule has 0 aliphatic rings. The van der Waals surface area contributed by atoms with Crippen LogP contribution in [0.3, 0.4) is 0 Å². The van der Waals surface area contributed by atoms with Crippen molar-refractivity contribution in [1.82, 2.24) is 5.32 Å². The van der Waals surface area contributed by atoms with Gasteiger partial charge in [0.05, 0.1) is 0 Å². The zero-order valence-electron chi connectivity index (χ0n) is 10.5. The molecule has 2 unspecified atom stereocenters. The average Bonchev–Trinajstić information content (AvgIpc) is 2.27. The normalized spacial score (nSPS) is 14.7. The van der Waals surface area contributed by atoms with E-state index in [0.29, 0.717) is 17.7 Å². The van der Waals surface area contributed by atoms with Crippen LogP contribution in [0.5, 0.6) is 5.75 Å². The molecule has 0 bridgehead atoms. The van der Waals surface area contributed by atoms with Crippen molar-refractivity contribution in [3.63, 3.8) is 0 Å². The Morgan fingerprint density at radius 1 is 1.31 bits per heavy atom. The lowest BCUT2D eigenvalue weighted by molar-refractivity contribution is 0.370. The van der Waals surface area contributed by atoms with E-state index in [4.69, 9.17) is 0 Å². The second-order valence-corrected chi connectivity index (χ2v) is 4.42. The Kier molecular flexibility index (Phi) is 5.33. The first kappa shape index (κ1) is 13.0. The summed E-state index contributed by atoms with van der Waals surface area (Å²) in [6, 6.07) is 8.05. The van der Waals surface area contributed by atoms with E-state index >= 15 is 0 Å². The minimum absolute atomic E-state index is 0.358. The van der Waals surface area contributed by atoms with E-state index in [1.54, 1.807) is 6.07 Å². The van der Waals surface area contributed by atoms with Gasteiger partial charge in [-0.25, -0.2) is 0 Å². The van der Waals surface area contributed by atoms with Gasteiger partial charge in [0, 0.05) is 6.04 Å². The summed E-state index contributed by atoms with van der Waals surface area (Å²) < 4.78 is 0. The number of hydrogen-bond acceptors (Lipinski definition) is 2. The summed E-state index contributed by atoms with van der Waals surface area (Å²) in [5, 5.41) is 13.0. The average molecular weight is 221 g/mol. The van der Waals surface area contributed by atoms with Gasteiger partial charge in [-0.05, 0) is 36.6 Å². The molecule has 90 valence electrons. The summed E-state index contributed by atoms with van der Waals surface area (Å²) in [5.74, 6) is 1.01. The van der Waals surface area contributed by atoms with Crippen LogP contribution in [0.25, 0.3) is 0 Å². The van der Waals surface area contributed by atoms with Gasteiger partial charge in [-0.1, -0.05) is 39.3 Å². The van der Waals surface area contributed by atoms with Gasteiger partial charge in [0.25, 0.3) is 0 Å². The predicted octanol–water partition coefficient (Wildman–Crippen LogP) is 2.96. The largest absolute Gasteiger partial charge is 0.508 e. The SMILES string of the molecule is CCNC(Cc1cccc(O)c1)C(C)CC. The summed E-state index contributed by atoms with van der Waals surface area (Å²) in [7, 11) is 0. The highest BCUT2D eigenvalue weighted by Gasteiger charge is 2.15. The third-order valence-corrected chi connectivity index (χ3v) is 3.16. The minimum atomic E-state index is 0.358. The smallest absolute Gasteiger partial charge is 0.115 e. The van der Waals surface area contributed by atoms with Crippen molar-refractivity contribution in [3.05, 3.63) is 29.8 Å². The number of aromatic hydroxyl groups is 1. The molecule has 2 atom stereocenters. The third-order valence-electron chi connectivity index (χ3n) is 3.16.